The molecule has 120 valence electrons. The first-order valence-electron chi connectivity index (χ1n) is 7.93. The van der Waals surface area contributed by atoms with Gasteiger partial charge in [-0.25, -0.2) is 4.79 Å². The summed E-state index contributed by atoms with van der Waals surface area (Å²) in [5.74, 6) is 2.25. The molecule has 22 heavy (non-hydrogen) atoms. The number of piperidine rings is 1. The molecule has 0 bridgehead atoms. The van der Waals surface area contributed by atoms with Crippen LogP contribution in [0.3, 0.4) is 0 Å². The van der Waals surface area contributed by atoms with Crippen LogP contribution in [0.1, 0.15) is 50.2 Å². The van der Waals surface area contributed by atoms with Gasteiger partial charge in [-0.15, -0.1) is 0 Å². The van der Waals surface area contributed by atoms with Gasteiger partial charge < -0.3 is 14.4 Å². The monoisotopic (exact) mass is 305 g/mol. The van der Waals surface area contributed by atoms with E-state index in [0.717, 1.165) is 50.7 Å². The number of hydrogen-bond donors (Lipinski definition) is 1. The molecule has 0 aromatic carbocycles. The maximum Gasteiger partial charge on any atom is 0.325 e. The van der Waals surface area contributed by atoms with Gasteiger partial charge in [0.2, 0.25) is 5.89 Å². The number of nitrogens with zero attached hydrogens (tertiary/aromatic N) is 4. The first-order chi connectivity index (χ1) is 10.6. The smallest absolute Gasteiger partial charge is 0.325 e. The molecule has 0 saturated carbocycles. The summed E-state index contributed by atoms with van der Waals surface area (Å²) in [5, 5.41) is 4.05. The van der Waals surface area contributed by atoms with Crippen LogP contribution >= 0.6 is 0 Å². The average Bonchev–Trinajstić information content (AvgIpc) is 3.15. The number of imidazole rings is 1. The molecule has 1 N–H and O–H groups in total. The Kier molecular flexibility index (Phi) is 4.42. The normalized spacial score (nSPS) is 17.4. The predicted octanol–water partition coefficient (Wildman–Crippen LogP) is 1.56. The standard InChI is InChI=1S/C15H23N5O2/c1-11(2)13-17-14(22-18-13)12-3-6-19(7-4-12)9-10-20-8-5-16-15(20)21/h5,8,11-12H,3-4,6-7,9-10H2,1-2H3,(H,16,21). The van der Waals surface area contributed by atoms with E-state index in [9.17, 15) is 4.79 Å². The van der Waals surface area contributed by atoms with E-state index in [1.54, 1.807) is 17.0 Å². The van der Waals surface area contributed by atoms with Crippen LogP contribution in [-0.4, -0.2) is 44.2 Å². The van der Waals surface area contributed by atoms with Crippen molar-refractivity contribution in [2.75, 3.05) is 19.6 Å². The summed E-state index contributed by atoms with van der Waals surface area (Å²) in [7, 11) is 0. The zero-order valence-corrected chi connectivity index (χ0v) is 13.2. The summed E-state index contributed by atoms with van der Waals surface area (Å²) < 4.78 is 7.11. The highest BCUT2D eigenvalue weighted by atomic mass is 16.5. The zero-order valence-electron chi connectivity index (χ0n) is 13.2. The van der Waals surface area contributed by atoms with Crippen molar-refractivity contribution >= 4 is 0 Å². The Hall–Kier alpha value is -1.89. The van der Waals surface area contributed by atoms with Gasteiger partial charge in [0.05, 0.1) is 0 Å². The van der Waals surface area contributed by atoms with Crippen molar-refractivity contribution in [2.24, 2.45) is 0 Å². The molecule has 7 nitrogen and oxygen atoms in total. The van der Waals surface area contributed by atoms with Gasteiger partial charge in [-0.05, 0) is 25.9 Å². The first kappa shape index (κ1) is 15.0. The minimum atomic E-state index is -0.0399. The molecule has 3 heterocycles. The third-order valence-electron chi connectivity index (χ3n) is 4.29. The lowest BCUT2D eigenvalue weighted by atomic mass is 9.97. The molecule has 7 heteroatoms. The van der Waals surface area contributed by atoms with Crippen molar-refractivity contribution < 1.29 is 4.52 Å². The molecule has 0 radical (unpaired) electrons. The van der Waals surface area contributed by atoms with Crippen LogP contribution < -0.4 is 5.69 Å². The van der Waals surface area contributed by atoms with Gasteiger partial charge in [0.25, 0.3) is 0 Å². The Bertz CT molecular complexity index is 649. The van der Waals surface area contributed by atoms with Crippen LogP contribution in [0, 0.1) is 0 Å². The summed E-state index contributed by atoms with van der Waals surface area (Å²) in [6.45, 7) is 7.77. The van der Waals surface area contributed by atoms with E-state index < -0.39 is 0 Å². The minimum Gasteiger partial charge on any atom is -0.339 e. The number of aromatic nitrogens is 4. The third-order valence-corrected chi connectivity index (χ3v) is 4.29. The molecule has 1 aliphatic rings. The van der Waals surface area contributed by atoms with Crippen molar-refractivity contribution in [3.05, 3.63) is 34.6 Å². The second-order valence-electron chi connectivity index (χ2n) is 6.22. The number of H-pyrrole nitrogens is 1. The SMILES string of the molecule is CC(C)c1noc(C2CCN(CCn3cc[nH]c3=O)CC2)n1. The maximum atomic E-state index is 11.4. The summed E-state index contributed by atoms with van der Waals surface area (Å²) in [6, 6.07) is 0. The van der Waals surface area contributed by atoms with Crippen molar-refractivity contribution in [1.82, 2.24) is 24.6 Å². The molecule has 0 unspecified atom stereocenters. The minimum absolute atomic E-state index is 0.0399. The fraction of sp³-hybridized carbons (Fsp3) is 0.667. The van der Waals surface area contributed by atoms with Gasteiger partial charge in [-0.2, -0.15) is 4.98 Å². The molecule has 2 aromatic heterocycles. The zero-order chi connectivity index (χ0) is 15.5. The molecule has 0 aliphatic carbocycles. The molecule has 1 aliphatic heterocycles. The number of rotatable bonds is 5. The van der Waals surface area contributed by atoms with Gasteiger partial charge in [0.1, 0.15) is 0 Å². The first-order valence-corrected chi connectivity index (χ1v) is 7.93. The van der Waals surface area contributed by atoms with Crippen LogP contribution in [-0.2, 0) is 6.54 Å². The lowest BCUT2D eigenvalue weighted by Gasteiger charge is -2.30. The van der Waals surface area contributed by atoms with Crippen LogP contribution in [0.4, 0.5) is 0 Å². The van der Waals surface area contributed by atoms with Crippen molar-refractivity contribution in [2.45, 2.75) is 45.1 Å². The summed E-state index contributed by atoms with van der Waals surface area (Å²) in [5.41, 5.74) is -0.0399. The second kappa shape index (κ2) is 6.48. The molecular formula is C15H23N5O2. The van der Waals surface area contributed by atoms with Gasteiger partial charge in [-0.3, -0.25) is 4.57 Å². The Morgan fingerprint density at radius 3 is 2.73 bits per heavy atom. The van der Waals surface area contributed by atoms with Crippen molar-refractivity contribution in [1.29, 1.82) is 0 Å². The maximum absolute atomic E-state index is 11.4. The number of likely N-dealkylation sites (tertiary alicyclic amines) is 1. The third kappa shape index (κ3) is 3.30. The number of aromatic amines is 1. The van der Waals surface area contributed by atoms with Crippen LogP contribution in [0.25, 0.3) is 0 Å². The quantitative estimate of drug-likeness (QED) is 0.907. The Labute approximate surface area is 129 Å². The summed E-state index contributed by atoms with van der Waals surface area (Å²) in [6.07, 6.45) is 5.53. The largest absolute Gasteiger partial charge is 0.339 e. The molecule has 0 atom stereocenters. The van der Waals surface area contributed by atoms with E-state index in [2.05, 4.69) is 33.9 Å². The van der Waals surface area contributed by atoms with E-state index >= 15 is 0 Å². The Morgan fingerprint density at radius 1 is 1.36 bits per heavy atom. The second-order valence-corrected chi connectivity index (χ2v) is 6.22. The Balaban J connectivity index is 1.49. The molecule has 1 fully saturated rings. The van der Waals surface area contributed by atoms with Gasteiger partial charge >= 0.3 is 5.69 Å². The topological polar surface area (TPSA) is 80.0 Å². The highest BCUT2D eigenvalue weighted by Crippen LogP contribution is 2.27. The van der Waals surface area contributed by atoms with Gasteiger partial charge in [-0.1, -0.05) is 19.0 Å². The molecule has 3 rings (SSSR count). The highest BCUT2D eigenvalue weighted by molar-refractivity contribution is 4.99. The predicted molar refractivity (Wildman–Crippen MR) is 81.9 cm³/mol. The van der Waals surface area contributed by atoms with E-state index in [-0.39, 0.29) is 5.69 Å². The molecular weight excluding hydrogens is 282 g/mol. The lowest BCUT2D eigenvalue weighted by molar-refractivity contribution is 0.188. The van der Waals surface area contributed by atoms with E-state index in [4.69, 9.17) is 4.52 Å². The average molecular weight is 305 g/mol. The summed E-state index contributed by atoms with van der Waals surface area (Å²) >= 11 is 0. The Morgan fingerprint density at radius 2 is 2.14 bits per heavy atom. The molecule has 1 saturated heterocycles. The lowest BCUT2D eigenvalue weighted by Crippen LogP contribution is -2.36. The molecule has 2 aromatic rings. The molecule has 0 spiro atoms. The van der Waals surface area contributed by atoms with Gasteiger partial charge in [0.15, 0.2) is 5.82 Å². The van der Waals surface area contributed by atoms with Crippen LogP contribution in [0.5, 0.6) is 0 Å². The van der Waals surface area contributed by atoms with E-state index in [1.165, 1.54) is 0 Å². The van der Waals surface area contributed by atoms with Crippen LogP contribution in [0.15, 0.2) is 21.7 Å². The summed E-state index contributed by atoms with van der Waals surface area (Å²) in [4.78, 5) is 21.0. The fourth-order valence-electron chi connectivity index (χ4n) is 2.83. The van der Waals surface area contributed by atoms with Crippen molar-refractivity contribution in [3.8, 4) is 0 Å². The van der Waals surface area contributed by atoms with Crippen LogP contribution in [0.2, 0.25) is 0 Å². The van der Waals surface area contributed by atoms with Crippen molar-refractivity contribution in [3.63, 3.8) is 0 Å². The highest BCUT2D eigenvalue weighted by Gasteiger charge is 2.25. The molecule has 0 amide bonds. The van der Waals surface area contributed by atoms with Gasteiger partial charge in [0, 0.05) is 37.3 Å². The fourth-order valence-corrected chi connectivity index (χ4v) is 2.83. The number of hydrogen-bond acceptors (Lipinski definition) is 5. The van der Waals surface area contributed by atoms with E-state index in [1.807, 2.05) is 0 Å². The van der Waals surface area contributed by atoms with E-state index in [0.29, 0.717) is 11.8 Å². The number of nitrogens with one attached hydrogen (secondary N) is 1.